The maximum absolute atomic E-state index is 13.2. The highest BCUT2D eigenvalue weighted by molar-refractivity contribution is 7.13. The number of aromatic nitrogens is 1. The Labute approximate surface area is 130 Å². The molecule has 2 heterocycles. The molecular formula is C14H13FN4O2S. The Morgan fingerprint density at radius 3 is 3.05 bits per heavy atom. The predicted octanol–water partition coefficient (Wildman–Crippen LogP) is 2.21. The molecule has 1 aliphatic rings. The Hall–Kier alpha value is -2.48. The van der Waals surface area contributed by atoms with Crippen molar-refractivity contribution in [1.29, 1.82) is 0 Å². The number of halogens is 1. The summed E-state index contributed by atoms with van der Waals surface area (Å²) in [6.07, 6.45) is 1.77. The maximum atomic E-state index is 13.2. The second-order valence-electron chi connectivity index (χ2n) is 4.82. The van der Waals surface area contributed by atoms with E-state index in [1.807, 2.05) is 0 Å². The number of nitrogens with one attached hydrogen (secondary N) is 2. The fourth-order valence-electron chi connectivity index (χ4n) is 2.30. The summed E-state index contributed by atoms with van der Waals surface area (Å²) < 4.78 is 13.2. The minimum atomic E-state index is -0.408. The van der Waals surface area contributed by atoms with Crippen molar-refractivity contribution in [2.45, 2.75) is 12.5 Å². The number of nitrogens with zero attached hydrogens (tertiary/aromatic N) is 2. The van der Waals surface area contributed by atoms with E-state index in [9.17, 15) is 14.0 Å². The molecule has 0 saturated carbocycles. The maximum Gasteiger partial charge on any atom is 0.321 e. The molecule has 6 nitrogen and oxygen atoms in total. The highest BCUT2D eigenvalue weighted by atomic mass is 32.1. The molecule has 1 atom stereocenters. The number of benzene rings is 1. The highest BCUT2D eigenvalue weighted by Gasteiger charge is 2.31. The smallest absolute Gasteiger partial charge is 0.321 e. The van der Waals surface area contributed by atoms with Crippen molar-refractivity contribution in [1.82, 2.24) is 10.3 Å². The molecule has 0 aliphatic carbocycles. The van der Waals surface area contributed by atoms with Crippen molar-refractivity contribution in [2.24, 2.45) is 0 Å². The van der Waals surface area contributed by atoms with Gasteiger partial charge in [-0.15, -0.1) is 11.3 Å². The van der Waals surface area contributed by atoms with Crippen molar-refractivity contribution in [3.8, 4) is 0 Å². The molecule has 3 amide bonds. The first-order chi connectivity index (χ1) is 10.6. The molecule has 0 unspecified atom stereocenters. The lowest BCUT2D eigenvalue weighted by Crippen LogP contribution is -2.39. The van der Waals surface area contributed by atoms with Crippen molar-refractivity contribution in [3.05, 3.63) is 41.7 Å². The van der Waals surface area contributed by atoms with E-state index < -0.39 is 11.8 Å². The molecule has 0 radical (unpaired) electrons. The highest BCUT2D eigenvalue weighted by Crippen LogP contribution is 2.22. The third-order valence-electron chi connectivity index (χ3n) is 3.23. The van der Waals surface area contributed by atoms with Crippen LogP contribution in [0.25, 0.3) is 0 Å². The van der Waals surface area contributed by atoms with Gasteiger partial charge in [-0.1, -0.05) is 6.07 Å². The van der Waals surface area contributed by atoms with Gasteiger partial charge in [-0.3, -0.25) is 10.1 Å². The second-order valence-corrected chi connectivity index (χ2v) is 5.72. The number of amides is 3. The van der Waals surface area contributed by atoms with E-state index >= 15 is 0 Å². The summed E-state index contributed by atoms with van der Waals surface area (Å²) in [7, 11) is 0. The molecule has 0 spiro atoms. The lowest BCUT2D eigenvalue weighted by atomic mass is 10.2. The van der Waals surface area contributed by atoms with Crippen LogP contribution in [0.1, 0.15) is 6.42 Å². The summed E-state index contributed by atoms with van der Waals surface area (Å²) in [5.41, 5.74) is 0.495. The minimum absolute atomic E-state index is 0.148. The first-order valence-corrected chi connectivity index (χ1v) is 7.53. The minimum Gasteiger partial charge on any atom is -0.333 e. The summed E-state index contributed by atoms with van der Waals surface area (Å²) >= 11 is 1.31. The van der Waals surface area contributed by atoms with E-state index in [-0.39, 0.29) is 18.4 Å². The van der Waals surface area contributed by atoms with Gasteiger partial charge in [-0.2, -0.15) is 0 Å². The van der Waals surface area contributed by atoms with Gasteiger partial charge in [0.05, 0.1) is 6.04 Å². The summed E-state index contributed by atoms with van der Waals surface area (Å²) in [5.74, 6) is -0.548. The van der Waals surface area contributed by atoms with Crippen LogP contribution in [0.15, 0.2) is 35.8 Å². The average molecular weight is 320 g/mol. The molecule has 3 rings (SSSR count). The van der Waals surface area contributed by atoms with Crippen LogP contribution in [0.4, 0.5) is 20.0 Å². The number of rotatable bonds is 3. The molecule has 1 aromatic carbocycles. The number of urea groups is 1. The third kappa shape index (κ3) is 3.22. The summed E-state index contributed by atoms with van der Waals surface area (Å²) in [5, 5.41) is 7.56. The van der Waals surface area contributed by atoms with Crippen molar-refractivity contribution < 1.29 is 14.0 Å². The van der Waals surface area contributed by atoms with Gasteiger partial charge < -0.3 is 10.2 Å². The van der Waals surface area contributed by atoms with Gasteiger partial charge in [-0.05, 0) is 18.2 Å². The lowest BCUT2D eigenvalue weighted by molar-refractivity contribution is -0.117. The van der Waals surface area contributed by atoms with E-state index in [1.165, 1.54) is 28.4 Å². The first kappa shape index (κ1) is 14.5. The topological polar surface area (TPSA) is 74.3 Å². The quantitative estimate of drug-likeness (QED) is 0.910. The Bertz CT molecular complexity index is 692. The normalized spacial score (nSPS) is 17.6. The summed E-state index contributed by atoms with van der Waals surface area (Å²) in [6.45, 7) is 0.313. The van der Waals surface area contributed by atoms with Gasteiger partial charge in [0, 0.05) is 30.2 Å². The second kappa shape index (κ2) is 6.10. The average Bonchev–Trinajstić information content (AvgIpc) is 3.08. The van der Waals surface area contributed by atoms with Crippen molar-refractivity contribution in [3.63, 3.8) is 0 Å². The molecular weight excluding hydrogens is 307 g/mol. The zero-order chi connectivity index (χ0) is 15.5. The molecule has 8 heteroatoms. The zero-order valence-corrected chi connectivity index (χ0v) is 12.3. The van der Waals surface area contributed by atoms with Gasteiger partial charge in [0.15, 0.2) is 5.13 Å². The Morgan fingerprint density at radius 1 is 1.45 bits per heavy atom. The van der Waals surface area contributed by atoms with Gasteiger partial charge in [-0.25, -0.2) is 14.2 Å². The number of thiazole rings is 1. The van der Waals surface area contributed by atoms with Crippen molar-refractivity contribution >= 4 is 34.1 Å². The molecule has 114 valence electrons. The molecule has 1 aromatic heterocycles. The molecule has 2 aromatic rings. The van der Waals surface area contributed by atoms with Gasteiger partial charge >= 0.3 is 6.03 Å². The van der Waals surface area contributed by atoms with E-state index in [4.69, 9.17) is 0 Å². The van der Waals surface area contributed by atoms with Gasteiger partial charge in [0.2, 0.25) is 5.91 Å². The number of carbonyl (C=O) groups is 2. The molecule has 1 aliphatic heterocycles. The lowest BCUT2D eigenvalue weighted by Gasteiger charge is -2.17. The largest absolute Gasteiger partial charge is 0.333 e. The Kier molecular flexibility index (Phi) is 4.01. The molecule has 1 fully saturated rings. The van der Waals surface area contributed by atoms with Crippen molar-refractivity contribution in [2.75, 3.05) is 16.8 Å². The third-order valence-corrected chi connectivity index (χ3v) is 3.92. The van der Waals surface area contributed by atoms with Crippen LogP contribution in [-0.2, 0) is 4.79 Å². The molecule has 1 saturated heterocycles. The van der Waals surface area contributed by atoms with Gasteiger partial charge in [0.1, 0.15) is 5.82 Å². The monoisotopic (exact) mass is 320 g/mol. The van der Waals surface area contributed by atoms with E-state index in [0.29, 0.717) is 17.4 Å². The Morgan fingerprint density at radius 2 is 2.32 bits per heavy atom. The fourth-order valence-corrected chi connectivity index (χ4v) is 2.83. The number of carbonyl (C=O) groups excluding carboxylic acids is 2. The van der Waals surface area contributed by atoms with E-state index in [0.717, 1.165) is 0 Å². The SMILES string of the molecule is O=C(Nc1nccs1)N[C@@H]1CC(=O)N(c2cccc(F)c2)C1. The van der Waals surface area contributed by atoms with Crippen LogP contribution in [0.3, 0.4) is 0 Å². The standard InChI is InChI=1S/C14H13FN4O2S/c15-9-2-1-3-11(6-9)19-8-10(7-12(19)20)17-13(21)18-14-16-4-5-22-14/h1-6,10H,7-8H2,(H2,16,17,18,21)/t10-/m1/s1. The summed E-state index contributed by atoms with van der Waals surface area (Å²) in [6, 6.07) is 5.11. The van der Waals surface area contributed by atoms with Gasteiger partial charge in [0.25, 0.3) is 0 Å². The van der Waals surface area contributed by atoms with Crippen LogP contribution in [0, 0.1) is 5.82 Å². The predicted molar refractivity (Wildman–Crippen MR) is 81.4 cm³/mol. The zero-order valence-electron chi connectivity index (χ0n) is 11.5. The number of hydrogen-bond donors (Lipinski definition) is 2. The van der Waals surface area contributed by atoms with Crippen LogP contribution in [0.2, 0.25) is 0 Å². The molecule has 2 N–H and O–H groups in total. The fraction of sp³-hybridized carbons (Fsp3) is 0.214. The van der Waals surface area contributed by atoms with Crippen LogP contribution in [0.5, 0.6) is 0 Å². The van der Waals surface area contributed by atoms with Crippen LogP contribution in [-0.4, -0.2) is 29.5 Å². The summed E-state index contributed by atoms with van der Waals surface area (Å²) in [4.78, 5) is 29.3. The van der Waals surface area contributed by atoms with Crippen LogP contribution < -0.4 is 15.5 Å². The first-order valence-electron chi connectivity index (χ1n) is 6.65. The van der Waals surface area contributed by atoms with E-state index in [2.05, 4.69) is 15.6 Å². The molecule has 22 heavy (non-hydrogen) atoms. The number of anilines is 2. The number of hydrogen-bond acceptors (Lipinski definition) is 4. The Balaban J connectivity index is 1.61. The van der Waals surface area contributed by atoms with Crippen LogP contribution >= 0.6 is 11.3 Å². The molecule has 0 bridgehead atoms. The van der Waals surface area contributed by atoms with E-state index in [1.54, 1.807) is 23.7 Å².